The molecule has 0 atom stereocenters. The highest BCUT2D eigenvalue weighted by atomic mass is 35.5. The lowest BCUT2D eigenvalue weighted by atomic mass is 10.5. The van der Waals surface area contributed by atoms with Crippen molar-refractivity contribution >= 4 is 22.8 Å². The molecular formula is C8H11ClN2O2. The van der Waals surface area contributed by atoms with Crippen LogP contribution in [0.25, 0.3) is 0 Å². The van der Waals surface area contributed by atoms with Gasteiger partial charge in [0.05, 0.1) is 7.11 Å². The van der Waals surface area contributed by atoms with Gasteiger partial charge < -0.3 is 9.47 Å². The average Bonchev–Trinajstić information content (AvgIpc) is 2.10. The molecule has 0 aliphatic rings. The fraction of sp³-hybridized carbons (Fsp3) is 0.250. The molecule has 0 aliphatic carbocycles. The Morgan fingerprint density at radius 3 is 2.69 bits per heavy atom. The van der Waals surface area contributed by atoms with E-state index in [9.17, 15) is 0 Å². The highest BCUT2D eigenvalue weighted by Gasteiger charge is 2.06. The van der Waals surface area contributed by atoms with Crippen LogP contribution in [0.2, 0.25) is 0 Å². The summed E-state index contributed by atoms with van der Waals surface area (Å²) in [5.74, 6) is 0.301. The third kappa shape index (κ3) is 5.03. The van der Waals surface area contributed by atoms with E-state index in [0.717, 1.165) is 0 Å². The van der Waals surface area contributed by atoms with E-state index < -0.39 is 5.29 Å². The Morgan fingerprint density at radius 2 is 2.31 bits per heavy atom. The molecule has 0 rings (SSSR count). The van der Waals surface area contributed by atoms with Crippen LogP contribution in [0, 0.1) is 5.41 Å². The molecule has 13 heavy (non-hydrogen) atoms. The maximum absolute atomic E-state index is 6.90. The van der Waals surface area contributed by atoms with E-state index in [0.29, 0.717) is 0 Å². The van der Waals surface area contributed by atoms with Gasteiger partial charge in [0.2, 0.25) is 5.29 Å². The zero-order valence-electron chi connectivity index (χ0n) is 7.34. The minimum atomic E-state index is -0.391. The molecule has 4 nitrogen and oxygen atoms in total. The molecular weight excluding hydrogens is 192 g/mol. The molecule has 0 aromatic rings. The molecule has 0 spiro atoms. The van der Waals surface area contributed by atoms with Crippen LogP contribution in [0.15, 0.2) is 30.0 Å². The second kappa shape index (κ2) is 6.25. The molecule has 1 N–H and O–H groups in total. The van der Waals surface area contributed by atoms with E-state index in [4.69, 9.17) is 26.5 Å². The quantitative estimate of drug-likeness (QED) is 0.249. The van der Waals surface area contributed by atoms with Crippen LogP contribution in [-0.2, 0) is 9.47 Å². The molecule has 0 saturated carbocycles. The predicted octanol–water partition coefficient (Wildman–Crippen LogP) is 1.92. The van der Waals surface area contributed by atoms with Crippen molar-refractivity contribution in [1.82, 2.24) is 0 Å². The van der Waals surface area contributed by atoms with E-state index in [1.54, 1.807) is 0 Å². The van der Waals surface area contributed by atoms with E-state index >= 15 is 0 Å². The maximum atomic E-state index is 6.90. The topological polar surface area (TPSA) is 54.7 Å². The molecule has 0 heterocycles. The van der Waals surface area contributed by atoms with Crippen molar-refractivity contribution in [1.29, 1.82) is 5.41 Å². The Kier molecular flexibility index (Phi) is 5.63. The number of hydrogen-bond donors (Lipinski definition) is 1. The van der Waals surface area contributed by atoms with Gasteiger partial charge >= 0.3 is 0 Å². The van der Waals surface area contributed by atoms with Crippen LogP contribution >= 0.6 is 11.6 Å². The van der Waals surface area contributed by atoms with Crippen molar-refractivity contribution < 1.29 is 9.47 Å². The van der Waals surface area contributed by atoms with Crippen molar-refractivity contribution in [3.8, 4) is 0 Å². The largest absolute Gasteiger partial charge is 0.492 e. The summed E-state index contributed by atoms with van der Waals surface area (Å²) in [6, 6.07) is 0. The number of rotatable bonds is 4. The van der Waals surface area contributed by atoms with Crippen molar-refractivity contribution in [2.24, 2.45) is 4.99 Å². The molecule has 0 saturated heterocycles. The number of aliphatic imine (C=N–C) groups is 1. The standard InChI is InChI=1S/C8H11ClN2O2/c1-4-5-13-7(6(2)12-3)11-8(9)10/h4,10H,1-2,5H2,3H3/b10-8?,11-7+. The van der Waals surface area contributed by atoms with Gasteiger partial charge in [-0.05, 0) is 11.6 Å². The van der Waals surface area contributed by atoms with Gasteiger partial charge in [-0.25, -0.2) is 0 Å². The first-order chi connectivity index (χ1) is 6.11. The highest BCUT2D eigenvalue weighted by Crippen LogP contribution is 2.00. The van der Waals surface area contributed by atoms with Gasteiger partial charge in [0.25, 0.3) is 5.90 Å². The zero-order valence-corrected chi connectivity index (χ0v) is 8.10. The Balaban J connectivity index is 4.44. The van der Waals surface area contributed by atoms with Crippen LogP contribution in [0.4, 0.5) is 0 Å². The van der Waals surface area contributed by atoms with Crippen LogP contribution in [0.1, 0.15) is 0 Å². The number of hydrogen-bond acceptors (Lipinski definition) is 3. The Bertz CT molecular complexity index is 249. The third-order valence-electron chi connectivity index (χ3n) is 1.02. The molecule has 0 aromatic heterocycles. The summed E-state index contributed by atoms with van der Waals surface area (Å²) >= 11 is 5.25. The third-order valence-corrected chi connectivity index (χ3v) is 1.11. The summed E-state index contributed by atoms with van der Waals surface area (Å²) in [4.78, 5) is 3.56. The van der Waals surface area contributed by atoms with Crippen molar-refractivity contribution in [3.05, 3.63) is 25.0 Å². The van der Waals surface area contributed by atoms with Gasteiger partial charge in [0.15, 0.2) is 5.76 Å². The molecule has 72 valence electrons. The molecule has 0 radical (unpaired) electrons. The van der Waals surface area contributed by atoms with E-state index in [1.807, 2.05) is 0 Å². The maximum Gasteiger partial charge on any atom is 0.259 e. The van der Waals surface area contributed by atoms with Gasteiger partial charge in [-0.1, -0.05) is 19.2 Å². The number of nitrogens with zero attached hydrogens (tertiary/aromatic N) is 1. The fourth-order valence-electron chi connectivity index (χ4n) is 0.489. The van der Waals surface area contributed by atoms with Gasteiger partial charge in [-0.15, -0.1) is 0 Å². The average molecular weight is 203 g/mol. The first-order valence-electron chi connectivity index (χ1n) is 3.41. The minimum absolute atomic E-state index is 0.0856. The summed E-state index contributed by atoms with van der Waals surface area (Å²) in [5.41, 5.74) is 0. The van der Waals surface area contributed by atoms with Crippen molar-refractivity contribution in [2.45, 2.75) is 0 Å². The van der Waals surface area contributed by atoms with Crippen LogP contribution in [0.3, 0.4) is 0 Å². The monoisotopic (exact) mass is 202 g/mol. The molecule has 0 fully saturated rings. The zero-order chi connectivity index (χ0) is 10.3. The molecule has 5 heteroatoms. The summed E-state index contributed by atoms with van der Waals surface area (Å²) in [7, 11) is 1.42. The number of halogens is 1. The van der Waals surface area contributed by atoms with Crippen molar-refractivity contribution in [2.75, 3.05) is 13.7 Å². The van der Waals surface area contributed by atoms with Gasteiger partial charge in [-0.3, -0.25) is 5.41 Å². The molecule has 0 unspecified atom stereocenters. The lowest BCUT2D eigenvalue weighted by Crippen LogP contribution is -2.10. The first-order valence-corrected chi connectivity index (χ1v) is 3.79. The Morgan fingerprint density at radius 1 is 1.69 bits per heavy atom. The van der Waals surface area contributed by atoms with Crippen molar-refractivity contribution in [3.63, 3.8) is 0 Å². The predicted molar refractivity (Wildman–Crippen MR) is 53.3 cm³/mol. The van der Waals surface area contributed by atoms with Crippen LogP contribution < -0.4 is 0 Å². The normalized spacial score (nSPS) is 10.5. The number of amidine groups is 1. The summed E-state index contributed by atoms with van der Waals surface area (Å²) in [6.07, 6.45) is 1.54. The lowest BCUT2D eigenvalue weighted by molar-refractivity contribution is 0.275. The highest BCUT2D eigenvalue weighted by molar-refractivity contribution is 6.64. The molecule has 0 bridgehead atoms. The van der Waals surface area contributed by atoms with Gasteiger partial charge in [0.1, 0.15) is 6.61 Å². The van der Waals surface area contributed by atoms with E-state index in [2.05, 4.69) is 18.2 Å². The van der Waals surface area contributed by atoms with E-state index in [-0.39, 0.29) is 18.3 Å². The Labute approximate surface area is 82.0 Å². The second-order valence-electron chi connectivity index (χ2n) is 1.93. The summed E-state index contributed by atoms with van der Waals surface area (Å²) < 4.78 is 9.81. The number of methoxy groups -OCH3 is 1. The number of nitrogens with one attached hydrogen (secondary N) is 1. The SMILES string of the molecule is C=CCO/C(=N/C(=N)Cl)C(=C)OC. The minimum Gasteiger partial charge on any atom is -0.492 e. The van der Waals surface area contributed by atoms with Crippen LogP contribution in [-0.4, -0.2) is 24.9 Å². The Hall–Kier alpha value is -1.29. The molecule has 0 amide bonds. The van der Waals surface area contributed by atoms with Gasteiger partial charge in [0, 0.05) is 0 Å². The molecule has 0 aliphatic heterocycles. The fourth-order valence-corrected chi connectivity index (χ4v) is 0.566. The van der Waals surface area contributed by atoms with Gasteiger partial charge in [-0.2, -0.15) is 4.99 Å². The first kappa shape index (κ1) is 11.7. The number of ether oxygens (including phenoxy) is 2. The van der Waals surface area contributed by atoms with E-state index in [1.165, 1.54) is 13.2 Å². The second-order valence-corrected chi connectivity index (χ2v) is 2.29. The molecule has 0 aromatic carbocycles. The lowest BCUT2D eigenvalue weighted by Gasteiger charge is -2.07. The summed E-state index contributed by atoms with van der Waals surface area (Å²) in [6.45, 7) is 7.23. The summed E-state index contributed by atoms with van der Waals surface area (Å²) in [5, 5.41) is 6.51. The van der Waals surface area contributed by atoms with Crippen LogP contribution in [0.5, 0.6) is 0 Å². The smallest absolute Gasteiger partial charge is 0.259 e.